The first-order valence-corrected chi connectivity index (χ1v) is 29.4. The van der Waals surface area contributed by atoms with Crippen LogP contribution >= 0.6 is 0 Å². The van der Waals surface area contributed by atoms with Gasteiger partial charge in [-0.25, -0.2) is 4.79 Å². The van der Waals surface area contributed by atoms with E-state index in [1.807, 2.05) is 13.8 Å². The highest BCUT2D eigenvalue weighted by atomic mass is 16.8. The first-order chi connectivity index (χ1) is 38.3. The van der Waals surface area contributed by atoms with Crippen LogP contribution in [0.1, 0.15) is 114 Å². The molecular weight excluding hydrogens is 1080 g/mol. The van der Waals surface area contributed by atoms with Crippen molar-refractivity contribution in [3.05, 3.63) is 23.3 Å². The van der Waals surface area contributed by atoms with Crippen molar-refractivity contribution in [3.63, 3.8) is 0 Å². The molecule has 0 spiro atoms. The Kier molecular flexibility index (Phi) is 18.5. The maximum Gasteiger partial charge on any atom is 0.333 e. The van der Waals surface area contributed by atoms with Crippen LogP contribution in [-0.4, -0.2) is 245 Å². The molecule has 4 aliphatic heterocycles. The van der Waals surface area contributed by atoms with E-state index >= 15 is 0 Å². The standard InChI is InChI=1S/C58H94O24/c1-11-24(2)48(73)82-47-46(72)58(23-61)27(18-53(47,4)5)26-12-13-32-55(8)16-15-34(54(6,7)31(55)14-17-56(32,9)57(26,10)19-33(58)62)79-51-44(80-50-43(71)40(68)36(64)28(20-59)76-50)38(66)30(22-74-51)78-52-45(41(69)37(65)29(21-60)77-52)81-49-42(70)39(67)35(63)25(3)75-49/h11-12,25,27-47,49-52,59-72H,13-23H2,1-10H3/b24-11+/t25-,27-,28+,29+,30+,31-,32+,33+,34-,35-,36+,37+,38+,39+,40-,41-,42+,43+,44-,45+,46-,47-,49-,50-,51-,52-,55-,56+,57+,58-/m0/s1. The molecule has 9 aliphatic rings. The number of allylic oxidation sites excluding steroid dienone is 3. The SMILES string of the molecule is C/C=C(\C)C(=O)O[C@H]1[C@H](O)[C@]2(CO)[C@H](O)C[C@]3(C)C(=CC[C@@H]4[C@@]5(C)CC[C@H](O[C@@H]6OC[C@@H](O[C@@H]7O[C@H](CO)[C@@H](O)[C@H](O)[C@H]7O[C@@H]7O[C@@H](C)[C@H](O)[C@@H](O)[C@H]7O)[C@@H](O)[C@@H]6O[C@@H]6O[C@H](CO)[C@@H](O)[C@H](O)[C@H]6O)C(C)(C)[C@@H]5CC[C@]43C)[C@@H]2CC1(C)C. The molecule has 5 aliphatic carbocycles. The number of carbonyl (C=O) groups is 1. The first kappa shape index (κ1) is 64.5. The Hall–Kier alpha value is -1.93. The van der Waals surface area contributed by atoms with Gasteiger partial charge in [-0.3, -0.25) is 0 Å². The predicted molar refractivity (Wildman–Crippen MR) is 283 cm³/mol. The van der Waals surface area contributed by atoms with Crippen molar-refractivity contribution in [1.82, 2.24) is 0 Å². The fraction of sp³-hybridized carbons (Fsp3) is 0.914. The zero-order chi connectivity index (χ0) is 60.3. The third kappa shape index (κ3) is 10.3. The van der Waals surface area contributed by atoms with E-state index in [1.165, 1.54) is 6.92 Å². The number of rotatable bonds is 13. The van der Waals surface area contributed by atoms with Gasteiger partial charge in [-0.2, -0.15) is 0 Å². The lowest BCUT2D eigenvalue weighted by molar-refractivity contribution is -0.394. The van der Waals surface area contributed by atoms with Crippen molar-refractivity contribution >= 4 is 5.97 Å². The van der Waals surface area contributed by atoms with Crippen LogP contribution in [0.5, 0.6) is 0 Å². The maximum absolute atomic E-state index is 13.2. The minimum absolute atomic E-state index is 0.0296. The van der Waals surface area contributed by atoms with Gasteiger partial charge < -0.3 is 114 Å². The van der Waals surface area contributed by atoms with Crippen LogP contribution in [-0.2, 0) is 47.4 Å². The average molecular weight is 1180 g/mol. The zero-order valence-corrected chi connectivity index (χ0v) is 48.8. The molecule has 0 aromatic carbocycles. The molecule has 0 aromatic heterocycles. The average Bonchev–Trinajstić information content (AvgIpc) is 0.828. The Morgan fingerprint density at radius 1 is 0.659 bits per heavy atom. The molecule has 470 valence electrons. The van der Waals surface area contributed by atoms with Crippen molar-refractivity contribution in [2.75, 3.05) is 26.4 Å². The molecule has 0 unspecified atom stereocenters. The lowest BCUT2D eigenvalue weighted by Gasteiger charge is -2.72. The van der Waals surface area contributed by atoms with Gasteiger partial charge in [0.15, 0.2) is 25.2 Å². The van der Waals surface area contributed by atoms with Gasteiger partial charge in [-0.1, -0.05) is 66.2 Å². The second-order valence-electron chi connectivity index (χ2n) is 27.4. The third-order valence-corrected chi connectivity index (χ3v) is 22.4. The molecule has 82 heavy (non-hydrogen) atoms. The summed E-state index contributed by atoms with van der Waals surface area (Å²) in [6.07, 6.45) is -27.7. The highest BCUT2D eigenvalue weighted by Crippen LogP contribution is 2.76. The van der Waals surface area contributed by atoms with E-state index < -0.39 is 201 Å². The van der Waals surface area contributed by atoms with Crippen LogP contribution in [0.25, 0.3) is 0 Å². The van der Waals surface area contributed by atoms with Crippen LogP contribution in [0, 0.1) is 50.2 Å². The molecule has 0 bridgehead atoms. The fourth-order valence-electron chi connectivity index (χ4n) is 17.0. The number of hydrogen-bond donors (Lipinski definition) is 14. The van der Waals surface area contributed by atoms with Crippen molar-refractivity contribution < 1.29 is 119 Å². The van der Waals surface area contributed by atoms with E-state index in [1.54, 1.807) is 19.9 Å². The van der Waals surface area contributed by atoms with E-state index in [0.717, 1.165) is 18.4 Å². The molecule has 4 saturated carbocycles. The Morgan fingerprint density at radius 2 is 1.24 bits per heavy atom. The van der Waals surface area contributed by atoms with Crippen LogP contribution in [0.2, 0.25) is 0 Å². The zero-order valence-electron chi connectivity index (χ0n) is 48.8. The normalized spacial score (nSPS) is 53.0. The minimum atomic E-state index is -1.92. The summed E-state index contributed by atoms with van der Waals surface area (Å²) < 4.78 is 55.1. The Labute approximate surface area is 478 Å². The third-order valence-electron chi connectivity index (χ3n) is 22.4. The molecule has 24 heteroatoms. The fourth-order valence-corrected chi connectivity index (χ4v) is 17.0. The molecule has 9 rings (SSSR count). The van der Waals surface area contributed by atoms with Crippen molar-refractivity contribution in [2.45, 2.75) is 255 Å². The Balaban J connectivity index is 0.974. The second kappa shape index (κ2) is 23.5. The highest BCUT2D eigenvalue weighted by molar-refractivity contribution is 5.87. The summed E-state index contributed by atoms with van der Waals surface area (Å²) in [4.78, 5) is 13.2. The van der Waals surface area contributed by atoms with Crippen molar-refractivity contribution in [3.8, 4) is 0 Å². The molecule has 8 fully saturated rings. The van der Waals surface area contributed by atoms with Crippen molar-refractivity contribution in [2.24, 2.45) is 50.2 Å². The van der Waals surface area contributed by atoms with Crippen LogP contribution in [0.15, 0.2) is 23.3 Å². The summed E-state index contributed by atoms with van der Waals surface area (Å²) in [6, 6.07) is 0. The first-order valence-electron chi connectivity index (χ1n) is 29.4. The van der Waals surface area contributed by atoms with Crippen LogP contribution in [0.3, 0.4) is 0 Å². The number of aliphatic hydroxyl groups is 14. The van der Waals surface area contributed by atoms with Gasteiger partial charge in [-0.15, -0.1) is 0 Å². The van der Waals surface area contributed by atoms with E-state index in [9.17, 15) is 76.3 Å². The molecule has 14 N–H and O–H groups in total. The molecule has 0 aromatic rings. The van der Waals surface area contributed by atoms with E-state index in [-0.39, 0.29) is 29.1 Å². The largest absolute Gasteiger partial charge is 0.456 e. The Morgan fingerprint density at radius 3 is 1.85 bits per heavy atom. The van der Waals surface area contributed by atoms with Crippen LogP contribution in [0.4, 0.5) is 0 Å². The molecule has 0 radical (unpaired) electrons. The van der Waals surface area contributed by atoms with Gasteiger partial charge in [0.2, 0.25) is 0 Å². The van der Waals surface area contributed by atoms with Crippen LogP contribution < -0.4 is 0 Å². The summed E-state index contributed by atoms with van der Waals surface area (Å²) in [7, 11) is 0. The van der Waals surface area contributed by atoms with E-state index in [4.69, 9.17) is 42.6 Å². The molecule has 24 nitrogen and oxygen atoms in total. The lowest BCUT2D eigenvalue weighted by atomic mass is 9.33. The molecule has 4 heterocycles. The lowest BCUT2D eigenvalue weighted by Crippen LogP contribution is -2.72. The van der Waals surface area contributed by atoms with Gasteiger partial charge in [0, 0.05) is 11.0 Å². The topological polar surface area (TPSA) is 383 Å². The summed E-state index contributed by atoms with van der Waals surface area (Å²) in [6.45, 7) is 17.3. The predicted octanol–water partition coefficient (Wildman–Crippen LogP) is -1.47. The number of esters is 1. The number of ether oxygens (including phenoxy) is 9. The molecule has 0 amide bonds. The van der Waals surface area contributed by atoms with Gasteiger partial charge in [0.25, 0.3) is 0 Å². The Bertz CT molecular complexity index is 2320. The van der Waals surface area contributed by atoms with Gasteiger partial charge in [0.05, 0.1) is 50.2 Å². The van der Waals surface area contributed by atoms with E-state index in [0.29, 0.717) is 31.3 Å². The summed E-state index contributed by atoms with van der Waals surface area (Å²) >= 11 is 0. The quantitative estimate of drug-likeness (QED) is 0.0433. The maximum atomic E-state index is 13.2. The molecular formula is C58H94O24. The monoisotopic (exact) mass is 1170 g/mol. The van der Waals surface area contributed by atoms with Gasteiger partial charge >= 0.3 is 5.97 Å². The summed E-state index contributed by atoms with van der Waals surface area (Å²) in [5.41, 5.74) is -2.45. The summed E-state index contributed by atoms with van der Waals surface area (Å²) in [5.74, 6) is -0.855. The number of aliphatic hydroxyl groups excluding tert-OH is 14. The molecule has 30 atom stereocenters. The van der Waals surface area contributed by atoms with E-state index in [2.05, 4.69) is 40.7 Å². The van der Waals surface area contributed by atoms with Gasteiger partial charge in [0.1, 0.15) is 97.7 Å². The van der Waals surface area contributed by atoms with Crippen molar-refractivity contribution in [1.29, 1.82) is 0 Å². The summed E-state index contributed by atoms with van der Waals surface area (Å²) in [5, 5.41) is 156. The molecule has 4 saturated heterocycles. The number of fused-ring (bicyclic) bond motifs is 7. The number of hydrogen-bond acceptors (Lipinski definition) is 24. The highest BCUT2D eigenvalue weighted by Gasteiger charge is 2.73. The minimum Gasteiger partial charge on any atom is -0.456 e. The smallest absolute Gasteiger partial charge is 0.333 e. The second-order valence-corrected chi connectivity index (χ2v) is 27.4. The van der Waals surface area contributed by atoms with Gasteiger partial charge in [-0.05, 0) is 105 Å². The number of carbonyl (C=O) groups excluding carboxylic acids is 1.